The first kappa shape index (κ1) is 52.9. The molecule has 3 atom stereocenters. The fourth-order valence-electron chi connectivity index (χ4n) is 11.4. The third-order valence-corrected chi connectivity index (χ3v) is 15.5. The predicted octanol–water partition coefficient (Wildman–Crippen LogP) is 3.74. The van der Waals surface area contributed by atoms with Gasteiger partial charge in [0.05, 0.1) is 66.6 Å². The van der Waals surface area contributed by atoms with Crippen LogP contribution in [-0.2, 0) is 76.4 Å². The molecule has 3 aromatic heterocycles. The summed E-state index contributed by atoms with van der Waals surface area (Å²) in [4.78, 5) is 97.0. The van der Waals surface area contributed by atoms with Crippen molar-refractivity contribution in [2.75, 3.05) is 33.0 Å². The Morgan fingerprint density at radius 2 is 1.56 bits per heavy atom. The molecule has 4 aliphatic rings. The number of ether oxygens (including phenoxy) is 3. The van der Waals surface area contributed by atoms with Gasteiger partial charge in [0.1, 0.15) is 38.3 Å². The molecule has 5 heterocycles. The number of carbonyl (C=O) groups is 6. The lowest BCUT2D eigenvalue weighted by molar-refractivity contribution is -0.172. The molecule has 2 aliphatic heterocycles. The summed E-state index contributed by atoms with van der Waals surface area (Å²) in [5, 5.41) is 33.5. The molecule has 410 valence electrons. The first-order valence-electron chi connectivity index (χ1n) is 26.2. The molecule has 7 aromatic rings. The summed E-state index contributed by atoms with van der Waals surface area (Å²) in [6.45, 7) is 1.42. The number of benzene rings is 4. The third-order valence-electron chi connectivity index (χ3n) is 15.5. The molecule has 0 radical (unpaired) electrons. The number of rotatable bonds is 18. The Kier molecular flexibility index (Phi) is 14.5. The molecule has 2 aliphatic carbocycles. The van der Waals surface area contributed by atoms with Gasteiger partial charge >= 0.3 is 12.1 Å². The summed E-state index contributed by atoms with van der Waals surface area (Å²) < 4.78 is 35.4. The molecule has 6 N–H and O–H groups in total. The van der Waals surface area contributed by atoms with Crippen LogP contribution in [-0.4, -0.2) is 104 Å². The number of esters is 1. The van der Waals surface area contributed by atoms with Crippen LogP contribution >= 0.6 is 0 Å². The van der Waals surface area contributed by atoms with Gasteiger partial charge in [-0.1, -0.05) is 91.0 Å². The number of nitrogens with one attached hydrogen (secondary N) is 5. The SMILES string of the molecule is CC[C@@]1(O)C(=O)OCc2c1cc1n(c2=O)Cc2c-1nc1cc(F)c(C)c3c1c2[C@@H](n1nncc1COCNC(=O)CNC(=O)C(Cc1ccccc1)NC(=O)CNC(=O)CNC(=O)OCC1c2ccccc2-c2ccccc21)CC3. The first-order valence-corrected chi connectivity index (χ1v) is 26.2. The summed E-state index contributed by atoms with van der Waals surface area (Å²) in [6.07, 6.45) is 1.70. The van der Waals surface area contributed by atoms with Crippen molar-refractivity contribution in [3.8, 4) is 22.5 Å². The zero-order chi connectivity index (χ0) is 55.8. The molecule has 0 saturated heterocycles. The molecule has 21 nitrogen and oxygen atoms in total. The summed E-state index contributed by atoms with van der Waals surface area (Å²) >= 11 is 0. The Morgan fingerprint density at radius 3 is 2.31 bits per heavy atom. The van der Waals surface area contributed by atoms with Crippen LogP contribution in [0.2, 0.25) is 0 Å². The average molecular weight is 1090 g/mol. The van der Waals surface area contributed by atoms with Gasteiger partial charge in [0.2, 0.25) is 23.6 Å². The maximum absolute atomic E-state index is 15.6. The van der Waals surface area contributed by atoms with Crippen molar-refractivity contribution >= 4 is 46.6 Å². The number of hydrogen-bond acceptors (Lipinski definition) is 14. The van der Waals surface area contributed by atoms with Crippen LogP contribution in [0.3, 0.4) is 0 Å². The molecule has 4 aromatic carbocycles. The number of nitrogens with zero attached hydrogens (tertiary/aromatic N) is 5. The maximum atomic E-state index is 15.6. The Labute approximate surface area is 456 Å². The molecule has 0 fully saturated rings. The van der Waals surface area contributed by atoms with Crippen LogP contribution in [0.5, 0.6) is 0 Å². The van der Waals surface area contributed by atoms with Crippen molar-refractivity contribution in [3.05, 3.63) is 169 Å². The lowest BCUT2D eigenvalue weighted by Gasteiger charge is -2.31. The standard InChI is InChI=1S/C58H55FN10O11/c1-3-58(77)42-20-47-53-39(26-68(47)55(74)41(42)29-79-56(58)75)52-46(18-17-34-31(2)43(59)21-44(66-53)51(34)52)69-33(22-64-67-69)27-78-30-63-49(71)23-61-54(73)45(19-32-11-5-4-6-12-32)65-50(72)25-60-48(70)24-62-57(76)80-28-40-37-15-9-7-13-35(37)36-14-8-10-16-38(36)40/h4-16,20-22,40,45-46,77H,3,17-19,23-30H2,1-2H3,(H,60,70)(H,61,73)(H,62,76)(H,63,71)(H,65,72)/t45?,46-,58-/m0/s1. The minimum atomic E-state index is -2.03. The highest BCUT2D eigenvalue weighted by atomic mass is 19.1. The largest absolute Gasteiger partial charge is 0.458 e. The highest BCUT2D eigenvalue weighted by Gasteiger charge is 2.46. The maximum Gasteiger partial charge on any atom is 0.407 e. The van der Waals surface area contributed by atoms with Gasteiger partial charge in [-0.2, -0.15) is 0 Å². The Bertz CT molecular complexity index is 3690. The summed E-state index contributed by atoms with van der Waals surface area (Å²) in [5.41, 5.74) is 7.24. The lowest BCUT2D eigenvalue weighted by Crippen LogP contribution is -2.52. The van der Waals surface area contributed by atoms with E-state index >= 15 is 4.39 Å². The number of fused-ring (bicyclic) bond motifs is 8. The number of halogens is 1. The fraction of sp³-hybridized carbons (Fsp3) is 0.310. The Hall–Kier alpha value is -9.15. The van der Waals surface area contributed by atoms with Gasteiger partial charge in [-0.05, 0) is 76.8 Å². The van der Waals surface area contributed by atoms with E-state index in [4.69, 9.17) is 19.2 Å². The second-order valence-corrected chi connectivity index (χ2v) is 20.1. The molecular formula is C58H55FN10O11. The first-order chi connectivity index (χ1) is 38.7. The third kappa shape index (κ3) is 9.91. The van der Waals surface area contributed by atoms with Crippen molar-refractivity contribution in [2.24, 2.45) is 0 Å². The van der Waals surface area contributed by atoms with E-state index in [0.29, 0.717) is 52.1 Å². The number of alkyl carbamates (subject to hydrolysis) is 1. The van der Waals surface area contributed by atoms with Gasteiger partial charge in [0.15, 0.2) is 5.60 Å². The van der Waals surface area contributed by atoms with Crippen molar-refractivity contribution in [2.45, 2.75) is 82.9 Å². The van der Waals surface area contributed by atoms with E-state index in [-0.39, 0.29) is 63.0 Å². The summed E-state index contributed by atoms with van der Waals surface area (Å²) in [7, 11) is 0. The summed E-state index contributed by atoms with van der Waals surface area (Å²) in [5.74, 6) is -4.07. The van der Waals surface area contributed by atoms with Crippen molar-refractivity contribution < 1.29 is 52.5 Å². The van der Waals surface area contributed by atoms with Crippen LogP contribution in [0.4, 0.5) is 9.18 Å². The number of aliphatic hydroxyl groups is 1. The van der Waals surface area contributed by atoms with Crippen LogP contribution in [0, 0.1) is 12.7 Å². The van der Waals surface area contributed by atoms with Gasteiger partial charge in [-0.25, -0.2) is 23.6 Å². The van der Waals surface area contributed by atoms with Crippen molar-refractivity contribution in [1.29, 1.82) is 0 Å². The molecule has 5 amide bonds. The van der Waals surface area contributed by atoms with Crippen LogP contribution in [0.25, 0.3) is 33.4 Å². The zero-order valence-corrected chi connectivity index (χ0v) is 43.6. The number of aryl methyl sites for hydroxylation is 1. The molecular weight excluding hydrogens is 1030 g/mol. The Morgan fingerprint density at radius 1 is 0.863 bits per heavy atom. The highest BCUT2D eigenvalue weighted by Crippen LogP contribution is 2.48. The molecule has 11 rings (SSSR count). The molecule has 22 heteroatoms. The molecule has 0 bridgehead atoms. The van der Waals surface area contributed by atoms with Gasteiger partial charge in [0, 0.05) is 34.9 Å². The van der Waals surface area contributed by atoms with Crippen LogP contribution < -0.4 is 32.1 Å². The van der Waals surface area contributed by atoms with Gasteiger partial charge < -0.3 is 50.5 Å². The second kappa shape index (κ2) is 21.9. The summed E-state index contributed by atoms with van der Waals surface area (Å²) in [6, 6.07) is 26.1. The number of cyclic esters (lactones) is 1. The molecule has 1 unspecified atom stereocenters. The second-order valence-electron chi connectivity index (χ2n) is 20.1. The smallest absolute Gasteiger partial charge is 0.407 e. The molecule has 0 saturated carbocycles. The van der Waals surface area contributed by atoms with Crippen LogP contribution in [0.1, 0.15) is 87.5 Å². The highest BCUT2D eigenvalue weighted by molar-refractivity contribution is 5.94. The van der Waals surface area contributed by atoms with Gasteiger partial charge in [0.25, 0.3) is 5.56 Å². The Balaban J connectivity index is 0.686. The van der Waals surface area contributed by atoms with Crippen LogP contribution in [0.15, 0.2) is 102 Å². The number of pyridine rings is 2. The monoisotopic (exact) mass is 1090 g/mol. The van der Waals surface area contributed by atoms with E-state index in [2.05, 4.69) is 36.9 Å². The number of amides is 5. The quantitative estimate of drug-likeness (QED) is 0.0406. The number of aromatic nitrogens is 5. The minimum absolute atomic E-state index is 0.0297. The zero-order valence-electron chi connectivity index (χ0n) is 43.6. The van der Waals surface area contributed by atoms with E-state index in [9.17, 15) is 38.7 Å². The predicted molar refractivity (Wildman–Crippen MR) is 285 cm³/mol. The van der Waals surface area contributed by atoms with Crippen molar-refractivity contribution in [3.63, 3.8) is 0 Å². The van der Waals surface area contributed by atoms with Gasteiger partial charge in [-0.3, -0.25) is 24.0 Å². The number of hydrogen-bond donors (Lipinski definition) is 6. The average Bonchev–Trinajstić information content (AvgIpc) is 3.12. The lowest BCUT2D eigenvalue weighted by atomic mass is 9.81. The molecule has 80 heavy (non-hydrogen) atoms. The van der Waals surface area contributed by atoms with E-state index < -0.39 is 84.4 Å². The van der Waals surface area contributed by atoms with E-state index in [1.54, 1.807) is 54.9 Å². The number of carbonyl (C=O) groups excluding carboxylic acids is 6. The topological polar surface area (TPSA) is 276 Å². The van der Waals surface area contributed by atoms with Gasteiger partial charge in [-0.15, -0.1) is 5.10 Å². The van der Waals surface area contributed by atoms with Crippen molar-refractivity contribution in [1.82, 2.24) is 51.1 Å². The minimum Gasteiger partial charge on any atom is -0.458 e. The molecule has 0 spiro atoms. The fourth-order valence-corrected chi connectivity index (χ4v) is 11.4. The normalized spacial score (nSPS) is 16.8. The van der Waals surface area contributed by atoms with E-state index in [1.165, 1.54) is 16.8 Å². The van der Waals surface area contributed by atoms with E-state index in [1.807, 2.05) is 48.5 Å². The van der Waals surface area contributed by atoms with E-state index in [0.717, 1.165) is 38.8 Å².